The first-order valence-electron chi connectivity index (χ1n) is 5.41. The third kappa shape index (κ3) is 3.68. The second kappa shape index (κ2) is 5.32. The highest BCUT2D eigenvalue weighted by atomic mass is 16.4. The van der Waals surface area contributed by atoms with Gasteiger partial charge in [-0.2, -0.15) is 0 Å². The second-order valence-corrected chi connectivity index (χ2v) is 4.36. The van der Waals surface area contributed by atoms with Gasteiger partial charge in [0.05, 0.1) is 0 Å². The van der Waals surface area contributed by atoms with E-state index in [9.17, 15) is 4.79 Å². The molecule has 88 valence electrons. The lowest BCUT2D eigenvalue weighted by atomic mass is 10.1. The van der Waals surface area contributed by atoms with E-state index in [1.807, 2.05) is 0 Å². The lowest BCUT2D eigenvalue weighted by Crippen LogP contribution is -2.56. The first-order valence-corrected chi connectivity index (χ1v) is 5.41. The monoisotopic (exact) mass is 215 g/mol. The van der Waals surface area contributed by atoms with Crippen molar-refractivity contribution in [3.63, 3.8) is 0 Å². The molecule has 15 heavy (non-hydrogen) atoms. The highest BCUT2D eigenvalue weighted by Crippen LogP contribution is 2.12. The number of carboxylic acid groups (broad SMARTS) is 1. The minimum atomic E-state index is -0.940. The first kappa shape index (κ1) is 12.3. The van der Waals surface area contributed by atoms with E-state index in [4.69, 9.17) is 5.11 Å². The van der Waals surface area contributed by atoms with E-state index in [1.54, 1.807) is 0 Å². The molecule has 1 fully saturated rings. The van der Waals surface area contributed by atoms with Crippen molar-refractivity contribution in [3.05, 3.63) is 0 Å². The summed E-state index contributed by atoms with van der Waals surface area (Å²) in [6, 6.07) is 1.05. The summed E-state index contributed by atoms with van der Waals surface area (Å²) in [5.41, 5.74) is 0. The molecule has 0 aromatic rings. The SMILES string of the molecule is C[C@@H]1CN(CCNC(=O)O)[C@@H](C)CN1C. The van der Waals surface area contributed by atoms with Crippen LogP contribution in [0.5, 0.6) is 0 Å². The number of nitrogens with zero attached hydrogens (tertiary/aromatic N) is 2. The molecule has 0 aromatic heterocycles. The number of amides is 1. The topological polar surface area (TPSA) is 55.8 Å². The van der Waals surface area contributed by atoms with Gasteiger partial charge in [-0.25, -0.2) is 4.79 Å². The van der Waals surface area contributed by atoms with Crippen molar-refractivity contribution in [2.24, 2.45) is 0 Å². The average molecular weight is 215 g/mol. The molecule has 5 nitrogen and oxygen atoms in total. The third-order valence-corrected chi connectivity index (χ3v) is 3.10. The Morgan fingerprint density at radius 1 is 1.40 bits per heavy atom. The van der Waals surface area contributed by atoms with Crippen LogP contribution in [-0.4, -0.2) is 66.3 Å². The van der Waals surface area contributed by atoms with E-state index in [-0.39, 0.29) is 0 Å². The Kier molecular flexibility index (Phi) is 4.35. The van der Waals surface area contributed by atoms with E-state index >= 15 is 0 Å². The van der Waals surface area contributed by atoms with E-state index < -0.39 is 6.09 Å². The molecule has 1 amide bonds. The number of carbonyl (C=O) groups is 1. The van der Waals surface area contributed by atoms with Gasteiger partial charge in [-0.1, -0.05) is 0 Å². The zero-order chi connectivity index (χ0) is 11.4. The van der Waals surface area contributed by atoms with Gasteiger partial charge in [0.25, 0.3) is 0 Å². The van der Waals surface area contributed by atoms with Crippen LogP contribution in [0.3, 0.4) is 0 Å². The number of rotatable bonds is 3. The molecule has 1 heterocycles. The Hall–Kier alpha value is -0.810. The van der Waals surface area contributed by atoms with Gasteiger partial charge >= 0.3 is 6.09 Å². The Balaban J connectivity index is 2.31. The molecular weight excluding hydrogens is 194 g/mol. The number of likely N-dealkylation sites (N-methyl/N-ethyl adjacent to an activating group) is 1. The normalized spacial score (nSPS) is 29.0. The van der Waals surface area contributed by atoms with Crippen LogP contribution in [0.25, 0.3) is 0 Å². The smallest absolute Gasteiger partial charge is 0.404 e. The fourth-order valence-corrected chi connectivity index (χ4v) is 1.99. The van der Waals surface area contributed by atoms with Gasteiger partial charge in [-0.15, -0.1) is 0 Å². The third-order valence-electron chi connectivity index (χ3n) is 3.10. The average Bonchev–Trinajstić information content (AvgIpc) is 2.13. The molecule has 1 rings (SSSR count). The van der Waals surface area contributed by atoms with Crippen LogP contribution < -0.4 is 5.32 Å². The number of nitrogens with one attached hydrogen (secondary N) is 1. The maximum Gasteiger partial charge on any atom is 0.404 e. The van der Waals surface area contributed by atoms with E-state index in [0.717, 1.165) is 19.6 Å². The van der Waals surface area contributed by atoms with Crippen LogP contribution in [0.2, 0.25) is 0 Å². The Labute approximate surface area is 91.0 Å². The largest absolute Gasteiger partial charge is 0.465 e. The molecule has 0 radical (unpaired) electrons. The number of piperazine rings is 1. The van der Waals surface area contributed by atoms with E-state index in [1.165, 1.54) is 0 Å². The second-order valence-electron chi connectivity index (χ2n) is 4.36. The van der Waals surface area contributed by atoms with Crippen molar-refractivity contribution in [2.75, 3.05) is 33.2 Å². The van der Waals surface area contributed by atoms with E-state index in [0.29, 0.717) is 18.6 Å². The van der Waals surface area contributed by atoms with Gasteiger partial charge in [-0.3, -0.25) is 4.90 Å². The Bertz CT molecular complexity index is 223. The highest BCUT2D eigenvalue weighted by Gasteiger charge is 2.25. The molecule has 2 N–H and O–H groups in total. The summed E-state index contributed by atoms with van der Waals surface area (Å²) < 4.78 is 0. The zero-order valence-electron chi connectivity index (χ0n) is 9.73. The predicted octanol–water partition coefficient (Wildman–Crippen LogP) is 0.278. The summed E-state index contributed by atoms with van der Waals surface area (Å²) in [5, 5.41) is 10.9. The Morgan fingerprint density at radius 3 is 2.67 bits per heavy atom. The lowest BCUT2D eigenvalue weighted by Gasteiger charge is -2.42. The maximum atomic E-state index is 10.3. The van der Waals surface area contributed by atoms with Crippen LogP contribution in [0, 0.1) is 0 Å². The van der Waals surface area contributed by atoms with Crippen molar-refractivity contribution in [1.82, 2.24) is 15.1 Å². The molecule has 0 aliphatic carbocycles. The fraction of sp³-hybridized carbons (Fsp3) is 0.900. The maximum absolute atomic E-state index is 10.3. The summed E-state index contributed by atoms with van der Waals surface area (Å²) >= 11 is 0. The molecule has 1 saturated heterocycles. The molecule has 5 heteroatoms. The quantitative estimate of drug-likeness (QED) is 0.710. The molecule has 1 aliphatic rings. The summed E-state index contributed by atoms with van der Waals surface area (Å²) in [5.74, 6) is 0. The van der Waals surface area contributed by atoms with Crippen LogP contribution in [0.1, 0.15) is 13.8 Å². The first-order chi connectivity index (χ1) is 7.00. The van der Waals surface area contributed by atoms with Crippen molar-refractivity contribution >= 4 is 6.09 Å². The molecule has 0 saturated carbocycles. The fourth-order valence-electron chi connectivity index (χ4n) is 1.99. The molecular formula is C10H21N3O2. The lowest BCUT2D eigenvalue weighted by molar-refractivity contribution is 0.0609. The van der Waals surface area contributed by atoms with Crippen LogP contribution in [0.4, 0.5) is 4.79 Å². The Morgan fingerprint density at radius 2 is 2.07 bits per heavy atom. The summed E-state index contributed by atoms with van der Waals surface area (Å²) in [7, 11) is 2.13. The summed E-state index contributed by atoms with van der Waals surface area (Å²) in [6.45, 7) is 7.75. The molecule has 2 atom stereocenters. The molecule has 0 bridgehead atoms. The minimum Gasteiger partial charge on any atom is -0.465 e. The van der Waals surface area contributed by atoms with Gasteiger partial charge < -0.3 is 15.3 Å². The van der Waals surface area contributed by atoms with Gasteiger partial charge in [0, 0.05) is 38.3 Å². The van der Waals surface area contributed by atoms with Crippen molar-refractivity contribution < 1.29 is 9.90 Å². The van der Waals surface area contributed by atoms with Gasteiger partial charge in [-0.05, 0) is 20.9 Å². The van der Waals surface area contributed by atoms with Crippen molar-refractivity contribution in [1.29, 1.82) is 0 Å². The zero-order valence-corrected chi connectivity index (χ0v) is 9.73. The molecule has 0 spiro atoms. The van der Waals surface area contributed by atoms with Crippen molar-refractivity contribution in [2.45, 2.75) is 25.9 Å². The van der Waals surface area contributed by atoms with Crippen LogP contribution >= 0.6 is 0 Å². The van der Waals surface area contributed by atoms with Gasteiger partial charge in [0.1, 0.15) is 0 Å². The highest BCUT2D eigenvalue weighted by molar-refractivity contribution is 5.64. The van der Waals surface area contributed by atoms with Gasteiger partial charge in [0.15, 0.2) is 0 Å². The molecule has 0 unspecified atom stereocenters. The van der Waals surface area contributed by atoms with E-state index in [2.05, 4.69) is 36.0 Å². The number of hydrogen-bond acceptors (Lipinski definition) is 3. The summed E-state index contributed by atoms with van der Waals surface area (Å²) in [4.78, 5) is 15.0. The molecule has 1 aliphatic heterocycles. The van der Waals surface area contributed by atoms with Crippen LogP contribution in [-0.2, 0) is 0 Å². The van der Waals surface area contributed by atoms with Crippen molar-refractivity contribution in [3.8, 4) is 0 Å². The number of hydrogen-bond donors (Lipinski definition) is 2. The van der Waals surface area contributed by atoms with Gasteiger partial charge in [0.2, 0.25) is 0 Å². The van der Waals surface area contributed by atoms with Crippen LogP contribution in [0.15, 0.2) is 0 Å². The molecule has 0 aromatic carbocycles. The minimum absolute atomic E-state index is 0.502. The predicted molar refractivity (Wildman–Crippen MR) is 59.2 cm³/mol. The standard InChI is InChI=1S/C10H21N3O2/c1-8-7-13(5-4-11-10(14)15)9(2)6-12(8)3/h8-9,11H,4-7H2,1-3H3,(H,14,15)/t8-,9+/m1/s1. The summed E-state index contributed by atoms with van der Waals surface area (Å²) in [6.07, 6.45) is -0.940.